The smallest absolute Gasteiger partial charge is 0.217 e. The molecule has 164 valence electrons. The van der Waals surface area contributed by atoms with Gasteiger partial charge in [0, 0.05) is 20.0 Å². The van der Waals surface area contributed by atoms with Crippen molar-refractivity contribution in [1.29, 1.82) is 0 Å². The number of aliphatic hydroxyl groups excluding tert-OH is 1. The maximum absolute atomic E-state index is 11.7. The summed E-state index contributed by atoms with van der Waals surface area (Å²) in [7, 11) is 0. The zero-order valence-corrected chi connectivity index (χ0v) is 18.5. The van der Waals surface area contributed by atoms with E-state index in [0.29, 0.717) is 19.5 Å². The Morgan fingerprint density at radius 3 is 2.47 bits per heavy atom. The summed E-state index contributed by atoms with van der Waals surface area (Å²) in [6, 6.07) is 15.9. The van der Waals surface area contributed by atoms with Crippen LogP contribution in [-0.2, 0) is 24.2 Å². The van der Waals surface area contributed by atoms with Gasteiger partial charge >= 0.3 is 0 Å². The molecule has 0 aliphatic carbocycles. The molecule has 5 nitrogen and oxygen atoms in total. The molecule has 2 rings (SSSR count). The third-order valence-electron chi connectivity index (χ3n) is 5.08. The first-order valence-corrected chi connectivity index (χ1v) is 11.0. The summed E-state index contributed by atoms with van der Waals surface area (Å²) < 4.78 is 5.70. The number of carbonyl (C=O) groups excluding carboxylic acids is 1. The molecule has 0 saturated heterocycles. The lowest BCUT2D eigenvalue weighted by molar-refractivity contribution is -0.120. The minimum atomic E-state index is -0.691. The lowest BCUT2D eigenvalue weighted by atomic mass is 10.0. The minimum Gasteiger partial charge on any atom is -0.494 e. The van der Waals surface area contributed by atoms with E-state index >= 15 is 0 Å². The Morgan fingerprint density at radius 2 is 1.80 bits per heavy atom. The van der Waals surface area contributed by atoms with Crippen LogP contribution in [0.15, 0.2) is 48.5 Å². The van der Waals surface area contributed by atoms with E-state index < -0.39 is 6.10 Å². The molecule has 1 amide bonds. The summed E-state index contributed by atoms with van der Waals surface area (Å²) in [5.74, 6) is 0.703. The maximum atomic E-state index is 11.7. The van der Waals surface area contributed by atoms with Crippen molar-refractivity contribution < 1.29 is 14.6 Å². The average molecular weight is 413 g/mol. The van der Waals surface area contributed by atoms with Gasteiger partial charge in [-0.05, 0) is 48.1 Å². The van der Waals surface area contributed by atoms with Gasteiger partial charge in [-0.1, -0.05) is 56.7 Å². The second kappa shape index (κ2) is 13.0. The Balaban J connectivity index is 1.89. The lowest BCUT2D eigenvalue weighted by Crippen LogP contribution is -2.48. The molecular weight excluding hydrogens is 376 g/mol. The molecule has 0 aromatic heterocycles. The Bertz CT molecular complexity index is 761. The van der Waals surface area contributed by atoms with Gasteiger partial charge in [0.05, 0.1) is 18.8 Å². The molecular formula is C25H36N2O3. The molecule has 3 N–H and O–H groups in total. The predicted molar refractivity (Wildman–Crippen MR) is 122 cm³/mol. The van der Waals surface area contributed by atoms with E-state index in [2.05, 4.69) is 48.7 Å². The molecule has 2 aromatic carbocycles. The highest BCUT2D eigenvalue weighted by Gasteiger charge is 2.20. The fourth-order valence-corrected chi connectivity index (χ4v) is 3.32. The monoisotopic (exact) mass is 412 g/mol. The van der Waals surface area contributed by atoms with E-state index in [1.165, 1.54) is 18.1 Å². The van der Waals surface area contributed by atoms with Gasteiger partial charge in [-0.25, -0.2) is 0 Å². The number of ether oxygens (including phenoxy) is 1. The van der Waals surface area contributed by atoms with Gasteiger partial charge in [-0.3, -0.25) is 4.79 Å². The lowest BCUT2D eigenvalue weighted by Gasteiger charge is -2.24. The number of aliphatic hydroxyl groups is 1. The van der Waals surface area contributed by atoms with E-state index in [4.69, 9.17) is 4.74 Å². The number of nitrogens with one attached hydrogen (secondary N) is 2. The van der Waals surface area contributed by atoms with E-state index in [-0.39, 0.29) is 11.9 Å². The fraction of sp³-hybridized carbons (Fsp3) is 0.480. The van der Waals surface area contributed by atoms with Gasteiger partial charge in [-0.2, -0.15) is 0 Å². The number of hydrogen-bond acceptors (Lipinski definition) is 4. The Hall–Kier alpha value is -2.37. The van der Waals surface area contributed by atoms with E-state index in [0.717, 1.165) is 37.2 Å². The van der Waals surface area contributed by atoms with Crippen LogP contribution in [0.5, 0.6) is 5.75 Å². The highest BCUT2D eigenvalue weighted by Crippen LogP contribution is 2.15. The van der Waals surface area contributed by atoms with E-state index in [1.54, 1.807) is 0 Å². The molecule has 0 heterocycles. The molecule has 0 aliphatic rings. The van der Waals surface area contributed by atoms with E-state index in [9.17, 15) is 9.90 Å². The molecule has 0 radical (unpaired) electrons. The zero-order valence-electron chi connectivity index (χ0n) is 18.5. The largest absolute Gasteiger partial charge is 0.494 e. The van der Waals surface area contributed by atoms with Crippen molar-refractivity contribution >= 4 is 5.91 Å². The molecule has 30 heavy (non-hydrogen) atoms. The summed E-state index contributed by atoms with van der Waals surface area (Å²) in [6.45, 7) is 7.56. The van der Waals surface area contributed by atoms with Crippen LogP contribution >= 0.6 is 0 Å². The third kappa shape index (κ3) is 8.56. The topological polar surface area (TPSA) is 70.6 Å². The highest BCUT2D eigenvalue weighted by molar-refractivity contribution is 5.73. The standard InChI is InChI=1S/C25H36N2O3/c1-4-6-14-30-23-12-10-21(11-13-23)16-24(27-19(3)28)25(29)18-26-17-22-9-7-8-20(5-2)15-22/h7-13,15,24-26,29H,4-6,14,16-18H2,1-3H3,(H,27,28). The van der Waals surface area contributed by atoms with Gasteiger partial charge in [0.25, 0.3) is 0 Å². The molecule has 2 unspecified atom stereocenters. The van der Waals surface area contributed by atoms with Crippen molar-refractivity contribution in [2.45, 2.75) is 65.1 Å². The van der Waals surface area contributed by atoms with Crippen molar-refractivity contribution in [3.63, 3.8) is 0 Å². The first kappa shape index (κ1) is 23.9. The van der Waals surface area contributed by atoms with Crippen molar-refractivity contribution in [2.75, 3.05) is 13.2 Å². The van der Waals surface area contributed by atoms with Gasteiger partial charge in [0.1, 0.15) is 5.75 Å². The van der Waals surface area contributed by atoms with Crippen molar-refractivity contribution in [2.24, 2.45) is 0 Å². The molecule has 0 aliphatic heterocycles. The predicted octanol–water partition coefficient (Wildman–Crippen LogP) is 3.63. The van der Waals surface area contributed by atoms with Crippen molar-refractivity contribution in [3.05, 3.63) is 65.2 Å². The van der Waals surface area contributed by atoms with Crippen LogP contribution in [0, 0.1) is 0 Å². The quantitative estimate of drug-likeness (QED) is 0.440. The first-order chi connectivity index (χ1) is 14.5. The minimum absolute atomic E-state index is 0.144. The van der Waals surface area contributed by atoms with Crippen molar-refractivity contribution in [1.82, 2.24) is 10.6 Å². The first-order valence-electron chi connectivity index (χ1n) is 11.0. The number of carbonyl (C=O) groups is 1. The number of benzene rings is 2. The molecule has 0 fully saturated rings. The summed E-state index contributed by atoms with van der Waals surface area (Å²) in [5, 5.41) is 16.9. The van der Waals surface area contributed by atoms with Crippen LogP contribution in [0.2, 0.25) is 0 Å². The molecule has 2 atom stereocenters. The van der Waals surface area contributed by atoms with Gasteiger partial charge < -0.3 is 20.5 Å². The SMILES string of the molecule is CCCCOc1ccc(CC(NC(C)=O)C(O)CNCc2cccc(CC)c2)cc1. The highest BCUT2D eigenvalue weighted by atomic mass is 16.5. The number of amides is 1. The van der Waals surface area contributed by atoms with Crippen LogP contribution in [0.3, 0.4) is 0 Å². The summed E-state index contributed by atoms with van der Waals surface area (Å²) >= 11 is 0. The fourth-order valence-electron chi connectivity index (χ4n) is 3.32. The third-order valence-corrected chi connectivity index (χ3v) is 5.08. The summed E-state index contributed by atoms with van der Waals surface area (Å²) in [5.41, 5.74) is 3.54. The van der Waals surface area contributed by atoms with E-state index in [1.807, 2.05) is 24.3 Å². The number of aryl methyl sites for hydroxylation is 1. The Kier molecular flexibility index (Phi) is 10.4. The van der Waals surface area contributed by atoms with Crippen LogP contribution in [0.25, 0.3) is 0 Å². The Labute approximate surface area is 180 Å². The second-order valence-electron chi connectivity index (χ2n) is 7.73. The average Bonchev–Trinajstić information content (AvgIpc) is 2.74. The molecule has 0 bridgehead atoms. The number of rotatable bonds is 13. The summed E-state index contributed by atoms with van der Waals surface area (Å²) in [4.78, 5) is 11.7. The van der Waals surface area contributed by atoms with Gasteiger partial charge in [0.15, 0.2) is 0 Å². The molecule has 0 saturated carbocycles. The summed E-state index contributed by atoms with van der Waals surface area (Å²) in [6.07, 6.45) is 3.01. The van der Waals surface area contributed by atoms with Crippen LogP contribution in [0.1, 0.15) is 50.3 Å². The Morgan fingerprint density at radius 1 is 1.07 bits per heavy atom. The zero-order chi connectivity index (χ0) is 21.8. The normalized spacial score (nSPS) is 12.9. The van der Waals surface area contributed by atoms with Crippen molar-refractivity contribution in [3.8, 4) is 5.75 Å². The van der Waals surface area contributed by atoms with Crippen LogP contribution in [0.4, 0.5) is 0 Å². The molecule has 0 spiro atoms. The second-order valence-corrected chi connectivity index (χ2v) is 7.73. The number of unbranched alkanes of at least 4 members (excludes halogenated alkanes) is 1. The van der Waals surface area contributed by atoms with Crippen LogP contribution < -0.4 is 15.4 Å². The molecule has 2 aromatic rings. The maximum Gasteiger partial charge on any atom is 0.217 e. The van der Waals surface area contributed by atoms with Gasteiger partial charge in [0.2, 0.25) is 5.91 Å². The molecule has 5 heteroatoms. The van der Waals surface area contributed by atoms with Crippen LogP contribution in [-0.4, -0.2) is 36.3 Å². The number of hydrogen-bond donors (Lipinski definition) is 3. The van der Waals surface area contributed by atoms with Gasteiger partial charge in [-0.15, -0.1) is 0 Å².